The van der Waals surface area contributed by atoms with Gasteiger partial charge < -0.3 is 0 Å². The molecule has 0 aliphatic heterocycles. The number of hydrogen-bond donors (Lipinski definition) is 0. The molecule has 0 spiro atoms. The summed E-state index contributed by atoms with van der Waals surface area (Å²) in [5, 5.41) is 1.83. The van der Waals surface area contributed by atoms with E-state index >= 15 is 0 Å². The summed E-state index contributed by atoms with van der Waals surface area (Å²) in [5.74, 6) is 0.910. The third-order valence-corrected chi connectivity index (χ3v) is 3.49. The zero-order valence-corrected chi connectivity index (χ0v) is 10.5. The molecule has 0 saturated carbocycles. The van der Waals surface area contributed by atoms with Crippen molar-refractivity contribution in [2.75, 3.05) is 6.26 Å². The van der Waals surface area contributed by atoms with Crippen LogP contribution < -0.4 is 0 Å². The molecule has 2 heterocycles. The summed E-state index contributed by atoms with van der Waals surface area (Å²) in [6.45, 7) is 0. The lowest BCUT2D eigenvalue weighted by Gasteiger charge is -2.01. The highest BCUT2D eigenvalue weighted by atomic mass is 32.2. The third kappa shape index (κ3) is 3.21. The van der Waals surface area contributed by atoms with Gasteiger partial charge in [-0.2, -0.15) is 0 Å². The maximum atomic E-state index is 4.41. The maximum Gasteiger partial charge on any atom is 0.188 e. The molecule has 0 aliphatic carbocycles. The first-order chi connectivity index (χ1) is 7.88. The molecule has 0 radical (unpaired) electrons. The minimum absolute atomic E-state index is 0.819. The first-order valence-electron chi connectivity index (χ1n) is 4.77. The monoisotopic (exact) mass is 249 g/mol. The molecule has 3 nitrogen and oxygen atoms in total. The van der Waals surface area contributed by atoms with Crippen LogP contribution in [0.3, 0.4) is 0 Å². The average Bonchev–Trinajstić information content (AvgIpc) is 2.38. The van der Waals surface area contributed by atoms with Crippen LogP contribution in [-0.4, -0.2) is 21.2 Å². The van der Waals surface area contributed by atoms with Crippen molar-refractivity contribution in [2.24, 2.45) is 0 Å². The van der Waals surface area contributed by atoms with Crippen LogP contribution in [0.15, 0.2) is 47.0 Å². The molecule has 5 heteroatoms. The van der Waals surface area contributed by atoms with E-state index in [9.17, 15) is 0 Å². The molecule has 2 aromatic heterocycles. The largest absolute Gasteiger partial charge is 0.265 e. The van der Waals surface area contributed by atoms with Gasteiger partial charge in [-0.3, -0.25) is 4.98 Å². The van der Waals surface area contributed by atoms with Crippen LogP contribution in [0.1, 0.15) is 5.56 Å². The van der Waals surface area contributed by atoms with E-state index in [-0.39, 0.29) is 0 Å². The second-order valence-corrected chi connectivity index (χ2v) is 4.79. The molecule has 2 rings (SSSR count). The normalized spacial score (nSPS) is 10.3. The molecule has 2 aromatic rings. The Morgan fingerprint density at radius 2 is 1.94 bits per heavy atom. The van der Waals surface area contributed by atoms with Gasteiger partial charge in [-0.05, 0) is 30.0 Å². The predicted molar refractivity (Wildman–Crippen MR) is 67.6 cm³/mol. The fourth-order valence-electron chi connectivity index (χ4n) is 1.14. The number of rotatable bonds is 4. The highest BCUT2D eigenvalue weighted by Gasteiger charge is 1.99. The van der Waals surface area contributed by atoms with Crippen LogP contribution in [0, 0.1) is 0 Å². The Morgan fingerprint density at radius 1 is 1.12 bits per heavy atom. The van der Waals surface area contributed by atoms with Gasteiger partial charge in [0.1, 0.15) is 5.03 Å². The second kappa shape index (κ2) is 5.86. The Balaban J connectivity index is 1.99. The summed E-state index contributed by atoms with van der Waals surface area (Å²) in [4.78, 5) is 12.5. The van der Waals surface area contributed by atoms with Gasteiger partial charge in [0, 0.05) is 24.3 Å². The lowest BCUT2D eigenvalue weighted by atomic mass is 10.3. The first-order valence-corrected chi connectivity index (χ1v) is 6.98. The van der Waals surface area contributed by atoms with E-state index in [2.05, 4.69) is 15.0 Å². The number of pyridine rings is 1. The zero-order chi connectivity index (χ0) is 11.2. The topological polar surface area (TPSA) is 38.7 Å². The van der Waals surface area contributed by atoms with Crippen molar-refractivity contribution in [3.8, 4) is 0 Å². The molecule has 0 unspecified atom stereocenters. The highest BCUT2D eigenvalue weighted by Crippen LogP contribution is 2.21. The van der Waals surface area contributed by atoms with Crippen LogP contribution in [0.2, 0.25) is 0 Å². The molecule has 0 aliphatic rings. The Bertz CT molecular complexity index is 448. The van der Waals surface area contributed by atoms with Crippen LogP contribution in [-0.2, 0) is 5.75 Å². The molecule has 0 fully saturated rings. The van der Waals surface area contributed by atoms with Crippen molar-refractivity contribution >= 4 is 23.5 Å². The fraction of sp³-hybridized carbons (Fsp3) is 0.182. The molecule has 0 bridgehead atoms. The van der Waals surface area contributed by atoms with E-state index in [0.717, 1.165) is 15.9 Å². The summed E-state index contributed by atoms with van der Waals surface area (Å²) in [7, 11) is 0. The lowest BCUT2D eigenvalue weighted by Crippen LogP contribution is -1.88. The second-order valence-electron chi connectivity index (χ2n) is 3.03. The fourth-order valence-corrected chi connectivity index (χ4v) is 2.37. The van der Waals surface area contributed by atoms with Crippen molar-refractivity contribution in [1.82, 2.24) is 15.0 Å². The average molecular weight is 249 g/mol. The van der Waals surface area contributed by atoms with Crippen LogP contribution in [0.4, 0.5) is 0 Å². The van der Waals surface area contributed by atoms with Crippen LogP contribution >= 0.6 is 23.5 Å². The van der Waals surface area contributed by atoms with Gasteiger partial charge in [0.15, 0.2) is 5.16 Å². The van der Waals surface area contributed by atoms with Crippen molar-refractivity contribution in [2.45, 2.75) is 15.9 Å². The van der Waals surface area contributed by atoms with Crippen molar-refractivity contribution in [1.29, 1.82) is 0 Å². The Morgan fingerprint density at radius 3 is 2.69 bits per heavy atom. The molecule has 0 aromatic carbocycles. The molecule has 82 valence electrons. The molecule has 0 saturated heterocycles. The quantitative estimate of drug-likeness (QED) is 0.473. The number of hydrogen-bond acceptors (Lipinski definition) is 5. The Labute approximate surface area is 103 Å². The van der Waals surface area contributed by atoms with E-state index in [4.69, 9.17) is 0 Å². The van der Waals surface area contributed by atoms with Gasteiger partial charge in [0.2, 0.25) is 0 Å². The zero-order valence-electron chi connectivity index (χ0n) is 8.83. The smallest absolute Gasteiger partial charge is 0.188 e. The minimum Gasteiger partial charge on any atom is -0.265 e. The molecule has 0 amide bonds. The lowest BCUT2D eigenvalue weighted by molar-refractivity contribution is 0.893. The van der Waals surface area contributed by atoms with E-state index in [1.165, 1.54) is 5.56 Å². The summed E-state index contributed by atoms with van der Waals surface area (Å²) in [6.07, 6.45) is 7.40. The van der Waals surface area contributed by atoms with E-state index < -0.39 is 0 Å². The molecule has 16 heavy (non-hydrogen) atoms. The van der Waals surface area contributed by atoms with E-state index in [1.807, 2.05) is 36.8 Å². The number of nitrogens with zero attached hydrogens (tertiary/aromatic N) is 3. The number of thioether (sulfide) groups is 2. The predicted octanol–water partition coefficient (Wildman–Crippen LogP) is 2.89. The van der Waals surface area contributed by atoms with Crippen LogP contribution in [0.5, 0.6) is 0 Å². The summed E-state index contributed by atoms with van der Waals surface area (Å²) >= 11 is 3.27. The van der Waals surface area contributed by atoms with Gasteiger partial charge in [0.25, 0.3) is 0 Å². The molecule has 0 N–H and O–H groups in total. The van der Waals surface area contributed by atoms with E-state index in [0.29, 0.717) is 0 Å². The third-order valence-electron chi connectivity index (χ3n) is 1.93. The van der Waals surface area contributed by atoms with Gasteiger partial charge in [-0.1, -0.05) is 11.8 Å². The van der Waals surface area contributed by atoms with Crippen LogP contribution in [0.25, 0.3) is 0 Å². The summed E-state index contributed by atoms with van der Waals surface area (Å²) in [6, 6.07) is 5.97. The molecular formula is C11H11N3S2. The van der Waals surface area contributed by atoms with Crippen molar-refractivity contribution in [3.63, 3.8) is 0 Å². The summed E-state index contributed by atoms with van der Waals surface area (Å²) in [5.41, 5.74) is 1.25. The van der Waals surface area contributed by atoms with Crippen molar-refractivity contribution in [3.05, 3.63) is 42.4 Å². The Hall–Kier alpha value is -1.07. The van der Waals surface area contributed by atoms with E-state index in [1.54, 1.807) is 29.7 Å². The van der Waals surface area contributed by atoms with Gasteiger partial charge in [-0.15, -0.1) is 11.8 Å². The number of aromatic nitrogens is 3. The minimum atomic E-state index is 0.819. The summed E-state index contributed by atoms with van der Waals surface area (Å²) < 4.78 is 0. The van der Waals surface area contributed by atoms with Gasteiger partial charge in [-0.25, -0.2) is 9.97 Å². The SMILES string of the molecule is CSc1nccc(SCc2ccncc2)n1. The molecule has 0 atom stereocenters. The first kappa shape index (κ1) is 11.4. The Kier molecular flexibility index (Phi) is 4.18. The maximum absolute atomic E-state index is 4.41. The van der Waals surface area contributed by atoms with Gasteiger partial charge >= 0.3 is 0 Å². The highest BCUT2D eigenvalue weighted by molar-refractivity contribution is 7.99. The standard InChI is InChI=1S/C11H11N3S2/c1-15-11-13-7-4-10(14-11)16-8-9-2-5-12-6-3-9/h2-7H,8H2,1H3. The molecular weight excluding hydrogens is 238 g/mol. The van der Waals surface area contributed by atoms with Gasteiger partial charge in [0.05, 0.1) is 0 Å². The van der Waals surface area contributed by atoms with Crippen molar-refractivity contribution < 1.29 is 0 Å².